The van der Waals surface area contributed by atoms with E-state index in [2.05, 4.69) is 27.6 Å². The van der Waals surface area contributed by atoms with Gasteiger partial charge in [-0.1, -0.05) is 25.7 Å². The topological polar surface area (TPSA) is 96.3 Å². The Kier molecular flexibility index (Phi) is 7.19. The number of anilines is 1. The van der Waals surface area contributed by atoms with Crippen molar-refractivity contribution in [3.05, 3.63) is 34.4 Å². The molecule has 0 saturated heterocycles. The number of carbonyl (C=O) groups is 2. The first-order chi connectivity index (χ1) is 15.5. The number of nitrogens with one attached hydrogen (secondary N) is 2. The van der Waals surface area contributed by atoms with Gasteiger partial charge in [0.1, 0.15) is 5.82 Å². The summed E-state index contributed by atoms with van der Waals surface area (Å²) in [4.78, 5) is 44.5. The molecule has 0 atom stereocenters. The molecule has 2 heterocycles. The monoisotopic (exact) mass is 439 g/mol. The van der Waals surface area contributed by atoms with Crippen molar-refractivity contribution in [3.8, 4) is 0 Å². The van der Waals surface area contributed by atoms with Crippen LogP contribution in [0.4, 0.5) is 5.69 Å². The molecular weight excluding hydrogens is 406 g/mol. The molecule has 1 aliphatic heterocycles. The van der Waals surface area contributed by atoms with Gasteiger partial charge in [0.05, 0.1) is 10.9 Å². The molecule has 172 valence electrons. The van der Waals surface area contributed by atoms with Crippen molar-refractivity contribution in [1.82, 2.24) is 19.8 Å². The van der Waals surface area contributed by atoms with Gasteiger partial charge in [0.2, 0.25) is 0 Å². The normalized spacial score (nSPS) is 17.1. The lowest BCUT2D eigenvalue weighted by Crippen LogP contribution is -2.42. The van der Waals surface area contributed by atoms with Gasteiger partial charge >= 0.3 is 11.8 Å². The van der Waals surface area contributed by atoms with Crippen LogP contribution in [0.1, 0.15) is 57.2 Å². The minimum atomic E-state index is -0.729. The summed E-state index contributed by atoms with van der Waals surface area (Å²) in [5, 5.41) is 5.77. The highest BCUT2D eigenvalue weighted by molar-refractivity contribution is 6.39. The van der Waals surface area contributed by atoms with Crippen LogP contribution in [0.25, 0.3) is 10.9 Å². The fraction of sp³-hybridized carbons (Fsp3) is 0.583. The molecule has 1 saturated carbocycles. The van der Waals surface area contributed by atoms with Crippen LogP contribution in [0.15, 0.2) is 23.0 Å². The Morgan fingerprint density at radius 1 is 1.09 bits per heavy atom. The second-order valence-corrected chi connectivity index (χ2v) is 9.01. The molecule has 0 bridgehead atoms. The summed E-state index contributed by atoms with van der Waals surface area (Å²) in [6.07, 6.45) is 10.1. The van der Waals surface area contributed by atoms with E-state index in [0.717, 1.165) is 31.5 Å². The van der Waals surface area contributed by atoms with Crippen LogP contribution < -0.4 is 16.2 Å². The lowest BCUT2D eigenvalue weighted by Gasteiger charge is -2.31. The van der Waals surface area contributed by atoms with Crippen LogP contribution in [0, 0.1) is 0 Å². The maximum Gasteiger partial charge on any atom is 0.313 e. The third-order valence-electron chi connectivity index (χ3n) is 6.73. The van der Waals surface area contributed by atoms with Gasteiger partial charge in [-0.05, 0) is 50.9 Å². The van der Waals surface area contributed by atoms with Gasteiger partial charge in [-0.25, -0.2) is 4.98 Å². The summed E-state index contributed by atoms with van der Waals surface area (Å²) in [5.41, 5.74) is 0.958. The number of aromatic nitrogens is 2. The SMILES string of the molecule is CN(CCNC(=O)C(=O)Nc1ccc2nc3n(c(=O)c2c1)CCCCC3)C1CCCCC1. The number of nitrogens with zero attached hydrogens (tertiary/aromatic N) is 3. The maximum atomic E-state index is 13.0. The third kappa shape index (κ3) is 5.18. The first kappa shape index (κ1) is 22.5. The van der Waals surface area contributed by atoms with E-state index >= 15 is 0 Å². The van der Waals surface area contributed by atoms with Crippen LogP contribution >= 0.6 is 0 Å². The average Bonchev–Trinajstić information content (AvgIpc) is 3.05. The van der Waals surface area contributed by atoms with Crippen molar-refractivity contribution < 1.29 is 9.59 Å². The number of benzene rings is 1. The summed E-state index contributed by atoms with van der Waals surface area (Å²) >= 11 is 0. The second kappa shape index (κ2) is 10.3. The second-order valence-electron chi connectivity index (χ2n) is 9.01. The summed E-state index contributed by atoms with van der Waals surface area (Å²) < 4.78 is 1.75. The summed E-state index contributed by atoms with van der Waals surface area (Å²) in [7, 11) is 2.07. The van der Waals surface area contributed by atoms with Crippen LogP contribution in [-0.2, 0) is 22.6 Å². The molecule has 2 amide bonds. The quantitative estimate of drug-likeness (QED) is 0.698. The molecule has 1 aliphatic carbocycles. The Morgan fingerprint density at radius 3 is 2.69 bits per heavy atom. The molecule has 1 aromatic carbocycles. The average molecular weight is 440 g/mol. The molecule has 8 nitrogen and oxygen atoms in total. The highest BCUT2D eigenvalue weighted by Gasteiger charge is 2.19. The van der Waals surface area contributed by atoms with Gasteiger partial charge < -0.3 is 15.5 Å². The number of aryl methyl sites for hydroxylation is 1. The van der Waals surface area contributed by atoms with Crippen LogP contribution in [-0.4, -0.2) is 52.4 Å². The highest BCUT2D eigenvalue weighted by Crippen LogP contribution is 2.21. The summed E-state index contributed by atoms with van der Waals surface area (Å²) in [6, 6.07) is 5.60. The molecule has 0 unspecified atom stereocenters. The largest absolute Gasteiger partial charge is 0.347 e. The van der Waals surface area contributed by atoms with Crippen molar-refractivity contribution >= 4 is 28.4 Å². The molecule has 4 rings (SSSR count). The predicted octanol–water partition coefficient (Wildman–Crippen LogP) is 2.44. The van der Waals surface area contributed by atoms with Crippen LogP contribution in [0.2, 0.25) is 0 Å². The molecule has 1 fully saturated rings. The van der Waals surface area contributed by atoms with Crippen molar-refractivity contribution in [3.63, 3.8) is 0 Å². The van der Waals surface area contributed by atoms with Gasteiger partial charge in [-0.2, -0.15) is 0 Å². The number of likely N-dealkylation sites (N-methyl/N-ethyl adjacent to an activating group) is 1. The van der Waals surface area contributed by atoms with Gasteiger partial charge in [0, 0.05) is 37.8 Å². The van der Waals surface area contributed by atoms with E-state index in [1.807, 2.05) is 0 Å². The first-order valence-electron chi connectivity index (χ1n) is 11.9. The minimum absolute atomic E-state index is 0.0850. The molecule has 1 aromatic heterocycles. The Morgan fingerprint density at radius 2 is 1.88 bits per heavy atom. The van der Waals surface area contributed by atoms with Crippen LogP contribution in [0.3, 0.4) is 0 Å². The Hall–Kier alpha value is -2.74. The number of carbonyl (C=O) groups excluding carboxylic acids is 2. The van der Waals surface area contributed by atoms with Gasteiger partial charge in [-0.3, -0.25) is 19.0 Å². The molecule has 0 spiro atoms. The zero-order valence-corrected chi connectivity index (χ0v) is 18.9. The first-order valence-corrected chi connectivity index (χ1v) is 11.9. The number of hydrogen-bond donors (Lipinski definition) is 2. The fourth-order valence-electron chi connectivity index (χ4n) is 4.81. The van der Waals surface area contributed by atoms with Gasteiger partial charge in [0.25, 0.3) is 5.56 Å². The van der Waals surface area contributed by atoms with Gasteiger partial charge in [-0.15, -0.1) is 0 Å². The molecule has 32 heavy (non-hydrogen) atoms. The third-order valence-corrected chi connectivity index (χ3v) is 6.73. The molecule has 8 heteroatoms. The smallest absolute Gasteiger partial charge is 0.313 e. The van der Waals surface area contributed by atoms with Crippen molar-refractivity contribution in [2.45, 2.75) is 70.4 Å². The molecule has 0 radical (unpaired) electrons. The van der Waals surface area contributed by atoms with E-state index in [1.54, 1.807) is 22.8 Å². The Bertz CT molecular complexity index is 1040. The van der Waals surface area contributed by atoms with E-state index in [1.165, 1.54) is 32.1 Å². The van der Waals surface area contributed by atoms with Crippen molar-refractivity contribution in [1.29, 1.82) is 0 Å². The number of rotatable bonds is 5. The van der Waals surface area contributed by atoms with E-state index in [0.29, 0.717) is 42.3 Å². The number of amides is 2. The molecule has 2 N–H and O–H groups in total. The van der Waals surface area contributed by atoms with Crippen molar-refractivity contribution in [2.24, 2.45) is 0 Å². The van der Waals surface area contributed by atoms with Crippen LogP contribution in [0.5, 0.6) is 0 Å². The van der Waals surface area contributed by atoms with E-state index in [9.17, 15) is 14.4 Å². The minimum Gasteiger partial charge on any atom is -0.347 e. The number of hydrogen-bond acceptors (Lipinski definition) is 5. The number of fused-ring (bicyclic) bond motifs is 2. The highest BCUT2D eigenvalue weighted by atomic mass is 16.2. The lowest BCUT2D eigenvalue weighted by atomic mass is 9.94. The fourth-order valence-corrected chi connectivity index (χ4v) is 4.81. The zero-order valence-electron chi connectivity index (χ0n) is 18.9. The summed E-state index contributed by atoms with van der Waals surface area (Å²) in [5.74, 6) is -0.569. The van der Waals surface area contributed by atoms with E-state index in [-0.39, 0.29) is 5.56 Å². The Balaban J connectivity index is 1.36. The van der Waals surface area contributed by atoms with Gasteiger partial charge in [0.15, 0.2) is 0 Å². The maximum absolute atomic E-state index is 13.0. The Labute approximate surface area is 188 Å². The summed E-state index contributed by atoms with van der Waals surface area (Å²) in [6.45, 7) is 1.81. The molecule has 2 aliphatic rings. The lowest BCUT2D eigenvalue weighted by molar-refractivity contribution is -0.136. The van der Waals surface area contributed by atoms with E-state index < -0.39 is 11.8 Å². The predicted molar refractivity (Wildman–Crippen MR) is 125 cm³/mol. The van der Waals surface area contributed by atoms with E-state index in [4.69, 9.17) is 0 Å². The molecule has 2 aromatic rings. The zero-order chi connectivity index (χ0) is 22.5. The van der Waals surface area contributed by atoms with Crippen molar-refractivity contribution in [2.75, 3.05) is 25.5 Å². The standard InChI is InChI=1S/C24H33N5O3/c1-28(18-8-4-2-5-9-18)15-13-25-22(30)23(31)26-17-11-12-20-19(16-17)24(32)29-14-7-3-6-10-21(29)27-20/h11-12,16,18H,2-10,13-15H2,1H3,(H,25,30)(H,26,31). The molecular formula is C24H33N5O3.